The highest BCUT2D eigenvalue weighted by Crippen LogP contribution is 2.40. The van der Waals surface area contributed by atoms with Gasteiger partial charge in [-0.25, -0.2) is 4.79 Å². The lowest BCUT2D eigenvalue weighted by atomic mass is 10.1. The number of benzene rings is 1. The Labute approximate surface area is 188 Å². The summed E-state index contributed by atoms with van der Waals surface area (Å²) in [4.78, 5) is 25.0. The summed E-state index contributed by atoms with van der Waals surface area (Å²) in [7, 11) is 1.24. The Morgan fingerprint density at radius 2 is 1.84 bits per heavy atom. The van der Waals surface area contributed by atoms with E-state index in [1.54, 1.807) is 25.7 Å². The van der Waals surface area contributed by atoms with Gasteiger partial charge in [0.05, 0.1) is 25.7 Å². The number of aliphatic hydroxyl groups excluding tert-OH is 1. The molecule has 0 atom stereocenters. The van der Waals surface area contributed by atoms with E-state index in [1.165, 1.54) is 13.2 Å². The molecule has 1 aromatic rings. The summed E-state index contributed by atoms with van der Waals surface area (Å²) in [6.45, 7) is 5.28. The van der Waals surface area contributed by atoms with Gasteiger partial charge in [0.25, 0.3) is 0 Å². The minimum Gasteiger partial charge on any atom is -0.469 e. The largest absolute Gasteiger partial charge is 0.469 e. The van der Waals surface area contributed by atoms with Crippen molar-refractivity contribution >= 4 is 33.7 Å². The number of nitrogens with zero attached hydrogens (tertiary/aromatic N) is 1. The first-order valence-electron chi connectivity index (χ1n) is 9.58. The van der Waals surface area contributed by atoms with Gasteiger partial charge < -0.3 is 24.8 Å². The number of alkyl carbamates (subject to hydrolysis) is 1. The topological polar surface area (TPSA) is 88.1 Å². The molecule has 0 spiro atoms. The number of alkyl halides is 3. The Morgan fingerprint density at radius 3 is 2.35 bits per heavy atom. The lowest BCUT2D eigenvalue weighted by molar-refractivity contribution is -0.140. The normalized spacial score (nSPS) is 11.8. The molecule has 0 aliphatic rings. The quantitative estimate of drug-likeness (QED) is 0.380. The molecule has 176 valence electrons. The average Bonchev–Trinajstić information content (AvgIpc) is 2.64. The third-order valence-electron chi connectivity index (χ3n) is 4.11. The van der Waals surface area contributed by atoms with Crippen LogP contribution in [0.3, 0.4) is 0 Å². The third-order valence-corrected chi connectivity index (χ3v) is 5.02. The first-order valence-corrected chi connectivity index (χ1v) is 10.4. The number of hydrogen-bond acceptors (Lipinski definition) is 6. The molecule has 0 saturated carbocycles. The van der Waals surface area contributed by atoms with E-state index in [2.05, 4.69) is 26.0 Å². The molecule has 1 rings (SSSR count). The highest BCUT2D eigenvalue weighted by molar-refractivity contribution is 9.10. The van der Waals surface area contributed by atoms with Crippen LogP contribution in [-0.2, 0) is 27.1 Å². The first kappa shape index (κ1) is 27.0. The summed E-state index contributed by atoms with van der Waals surface area (Å²) in [6.07, 6.45) is -4.75. The highest BCUT2D eigenvalue weighted by Gasteiger charge is 2.34. The van der Waals surface area contributed by atoms with Gasteiger partial charge in [0.2, 0.25) is 0 Å². The van der Waals surface area contributed by atoms with Gasteiger partial charge >= 0.3 is 18.2 Å². The molecule has 0 bridgehead atoms. The standard InChI is InChI=1S/C20H28BrF3N2O5/c1-19(2,3)31-18(29)25-9-5-10-26(11-8-16(28)30-4)15-7-6-14(20(22,23)24)17(21)13(15)12-27/h6-7,27H,5,8-12H2,1-4H3,(H,25,29). The van der Waals surface area contributed by atoms with E-state index in [9.17, 15) is 27.9 Å². The van der Waals surface area contributed by atoms with Crippen molar-refractivity contribution in [2.24, 2.45) is 0 Å². The molecule has 1 amide bonds. The number of nitrogens with one attached hydrogen (secondary N) is 1. The maximum Gasteiger partial charge on any atom is 0.417 e. The van der Waals surface area contributed by atoms with E-state index >= 15 is 0 Å². The van der Waals surface area contributed by atoms with E-state index in [1.807, 2.05) is 0 Å². The molecule has 0 radical (unpaired) electrons. The number of amides is 1. The van der Waals surface area contributed by atoms with Crippen LogP contribution in [0.1, 0.15) is 44.7 Å². The Hall–Kier alpha value is -2.01. The van der Waals surface area contributed by atoms with Crippen LogP contribution in [-0.4, -0.2) is 49.5 Å². The Kier molecular flexibility index (Phi) is 10.1. The lowest BCUT2D eigenvalue weighted by Gasteiger charge is -2.28. The number of rotatable bonds is 9. The Bertz CT molecular complexity index is 766. The molecule has 2 N–H and O–H groups in total. The van der Waals surface area contributed by atoms with Crippen molar-refractivity contribution in [2.75, 3.05) is 31.6 Å². The number of anilines is 1. The van der Waals surface area contributed by atoms with Gasteiger partial charge in [0, 0.05) is 35.4 Å². The fourth-order valence-corrected chi connectivity index (χ4v) is 3.42. The van der Waals surface area contributed by atoms with Crippen LogP contribution in [0, 0.1) is 0 Å². The van der Waals surface area contributed by atoms with Crippen LogP contribution in [0.2, 0.25) is 0 Å². The monoisotopic (exact) mass is 512 g/mol. The third kappa shape index (κ3) is 8.94. The summed E-state index contributed by atoms with van der Waals surface area (Å²) in [5.74, 6) is -0.478. The van der Waals surface area contributed by atoms with Gasteiger partial charge in [-0.3, -0.25) is 4.79 Å². The first-order chi connectivity index (χ1) is 14.3. The van der Waals surface area contributed by atoms with E-state index in [-0.39, 0.29) is 29.5 Å². The van der Waals surface area contributed by atoms with Crippen molar-refractivity contribution in [1.82, 2.24) is 5.32 Å². The second-order valence-electron chi connectivity index (χ2n) is 7.68. The molecular weight excluding hydrogens is 485 g/mol. The number of carbonyl (C=O) groups excluding carboxylic acids is 2. The van der Waals surface area contributed by atoms with E-state index in [4.69, 9.17) is 4.74 Å². The van der Waals surface area contributed by atoms with Crippen LogP contribution in [0.15, 0.2) is 16.6 Å². The van der Waals surface area contributed by atoms with Crippen LogP contribution >= 0.6 is 15.9 Å². The molecule has 7 nitrogen and oxygen atoms in total. The second-order valence-corrected chi connectivity index (χ2v) is 8.47. The Morgan fingerprint density at radius 1 is 1.19 bits per heavy atom. The zero-order chi connectivity index (χ0) is 23.8. The molecule has 31 heavy (non-hydrogen) atoms. The van der Waals surface area contributed by atoms with Crippen LogP contribution < -0.4 is 10.2 Å². The predicted octanol–water partition coefficient (Wildman–Crippen LogP) is 4.24. The number of hydrogen-bond donors (Lipinski definition) is 2. The number of aliphatic hydroxyl groups is 1. The molecule has 0 aliphatic carbocycles. The fourth-order valence-electron chi connectivity index (χ4n) is 2.73. The second kappa shape index (κ2) is 11.6. The smallest absolute Gasteiger partial charge is 0.417 e. The van der Waals surface area contributed by atoms with Gasteiger partial charge in [0.1, 0.15) is 5.60 Å². The number of carbonyl (C=O) groups is 2. The SMILES string of the molecule is COC(=O)CCN(CCCNC(=O)OC(C)(C)C)c1ccc(C(F)(F)F)c(Br)c1CO. The molecular formula is C20H28BrF3N2O5. The number of methoxy groups -OCH3 is 1. The van der Waals surface area contributed by atoms with E-state index in [0.29, 0.717) is 18.7 Å². The molecule has 11 heteroatoms. The van der Waals surface area contributed by atoms with Crippen LogP contribution in [0.5, 0.6) is 0 Å². The zero-order valence-corrected chi connectivity index (χ0v) is 19.5. The molecule has 0 aromatic heterocycles. The minimum absolute atomic E-state index is 0.000492. The maximum absolute atomic E-state index is 13.2. The van der Waals surface area contributed by atoms with Crippen molar-refractivity contribution in [3.63, 3.8) is 0 Å². The summed E-state index contributed by atoms with van der Waals surface area (Å²) < 4.78 is 49.1. The molecule has 1 aromatic carbocycles. The van der Waals surface area contributed by atoms with Gasteiger partial charge in [-0.05, 0) is 55.3 Å². The molecule has 0 heterocycles. The van der Waals surface area contributed by atoms with Gasteiger partial charge in [-0.15, -0.1) is 0 Å². The van der Waals surface area contributed by atoms with Crippen LogP contribution in [0.4, 0.5) is 23.7 Å². The van der Waals surface area contributed by atoms with Crippen molar-refractivity contribution in [1.29, 1.82) is 0 Å². The van der Waals surface area contributed by atoms with Gasteiger partial charge in [0.15, 0.2) is 0 Å². The van der Waals surface area contributed by atoms with Crippen molar-refractivity contribution in [3.8, 4) is 0 Å². The molecule has 0 fully saturated rings. The van der Waals surface area contributed by atoms with Crippen LogP contribution in [0.25, 0.3) is 0 Å². The van der Waals surface area contributed by atoms with Crippen molar-refractivity contribution < 1.29 is 37.3 Å². The van der Waals surface area contributed by atoms with Crippen molar-refractivity contribution in [3.05, 3.63) is 27.7 Å². The minimum atomic E-state index is -4.59. The van der Waals surface area contributed by atoms with Gasteiger partial charge in [-0.2, -0.15) is 13.2 Å². The summed E-state index contributed by atoms with van der Waals surface area (Å²) in [6, 6.07) is 2.18. The predicted molar refractivity (Wildman–Crippen MR) is 113 cm³/mol. The average molecular weight is 513 g/mol. The lowest BCUT2D eigenvalue weighted by Crippen LogP contribution is -2.35. The molecule has 0 aliphatic heterocycles. The number of halogens is 4. The summed E-state index contributed by atoms with van der Waals surface area (Å²) in [5.41, 5.74) is -1.14. The summed E-state index contributed by atoms with van der Waals surface area (Å²) in [5, 5.41) is 12.3. The van der Waals surface area contributed by atoms with E-state index in [0.717, 1.165) is 6.07 Å². The fraction of sp³-hybridized carbons (Fsp3) is 0.600. The zero-order valence-electron chi connectivity index (χ0n) is 17.9. The summed E-state index contributed by atoms with van der Waals surface area (Å²) >= 11 is 2.95. The number of ether oxygens (including phenoxy) is 2. The number of esters is 1. The van der Waals surface area contributed by atoms with Gasteiger partial charge in [-0.1, -0.05) is 0 Å². The Balaban J connectivity index is 2.99. The molecule has 0 saturated heterocycles. The maximum atomic E-state index is 13.2. The highest BCUT2D eigenvalue weighted by atomic mass is 79.9. The van der Waals surface area contributed by atoms with Crippen molar-refractivity contribution in [2.45, 2.75) is 52.0 Å². The van der Waals surface area contributed by atoms with E-state index < -0.39 is 36.0 Å². The molecule has 0 unspecified atom stereocenters.